The molecule has 1 amide bonds. The summed E-state index contributed by atoms with van der Waals surface area (Å²) in [6.45, 7) is 4.57. The van der Waals surface area contributed by atoms with Crippen LogP contribution in [0, 0.1) is 0 Å². The molecule has 0 aliphatic heterocycles. The minimum absolute atomic E-state index is 0.0120. The maximum absolute atomic E-state index is 11.4. The lowest BCUT2D eigenvalue weighted by molar-refractivity contribution is -0.126. The van der Waals surface area contributed by atoms with Gasteiger partial charge in [-0.1, -0.05) is 6.92 Å². The zero-order valence-corrected chi connectivity index (χ0v) is 9.84. The number of aromatic nitrogens is 1. The summed E-state index contributed by atoms with van der Waals surface area (Å²) in [6, 6.07) is 0.0120. The van der Waals surface area contributed by atoms with E-state index in [0.29, 0.717) is 6.61 Å². The van der Waals surface area contributed by atoms with Crippen molar-refractivity contribution in [3.05, 3.63) is 16.6 Å². The summed E-state index contributed by atoms with van der Waals surface area (Å²) in [4.78, 5) is 15.6. The molecule has 0 spiro atoms. The van der Waals surface area contributed by atoms with Gasteiger partial charge in [-0.05, 0) is 13.3 Å². The molecule has 0 aromatic carbocycles. The molecule has 0 radical (unpaired) electrons. The van der Waals surface area contributed by atoms with Gasteiger partial charge in [0.25, 0.3) is 0 Å². The predicted molar refractivity (Wildman–Crippen MR) is 59.8 cm³/mol. The molecule has 84 valence electrons. The molecule has 5 heteroatoms. The number of ether oxygens (including phenoxy) is 1. The Morgan fingerprint density at radius 3 is 3.00 bits per heavy atom. The molecule has 1 unspecified atom stereocenters. The largest absolute Gasteiger partial charge is 0.372 e. The van der Waals surface area contributed by atoms with E-state index >= 15 is 0 Å². The van der Waals surface area contributed by atoms with Gasteiger partial charge < -0.3 is 10.1 Å². The smallest absolute Gasteiger partial charge is 0.246 e. The highest BCUT2D eigenvalue weighted by atomic mass is 32.1. The molecule has 0 aliphatic rings. The fourth-order valence-corrected chi connectivity index (χ4v) is 1.95. The van der Waals surface area contributed by atoms with Gasteiger partial charge in [-0.3, -0.25) is 4.79 Å². The number of rotatable bonds is 6. The van der Waals surface area contributed by atoms with E-state index in [1.165, 1.54) is 0 Å². The van der Waals surface area contributed by atoms with Crippen LogP contribution in [0.3, 0.4) is 0 Å². The van der Waals surface area contributed by atoms with Crippen LogP contribution in [-0.4, -0.2) is 24.1 Å². The number of carbonyl (C=O) groups is 1. The number of thiazole rings is 1. The Hall–Kier alpha value is -0.940. The number of nitrogens with one attached hydrogen (secondary N) is 1. The van der Waals surface area contributed by atoms with Gasteiger partial charge in [0.2, 0.25) is 5.91 Å². The van der Waals surface area contributed by atoms with E-state index in [9.17, 15) is 4.79 Å². The third-order valence-corrected chi connectivity index (χ3v) is 2.82. The highest BCUT2D eigenvalue weighted by Crippen LogP contribution is 2.18. The van der Waals surface area contributed by atoms with Crippen molar-refractivity contribution in [2.75, 3.05) is 13.2 Å². The van der Waals surface area contributed by atoms with Crippen LogP contribution < -0.4 is 5.32 Å². The number of amides is 1. The van der Waals surface area contributed by atoms with Gasteiger partial charge in [0.1, 0.15) is 11.6 Å². The van der Waals surface area contributed by atoms with Crippen molar-refractivity contribution in [3.63, 3.8) is 0 Å². The summed E-state index contributed by atoms with van der Waals surface area (Å²) >= 11 is 1.55. The van der Waals surface area contributed by atoms with Gasteiger partial charge in [0, 0.05) is 18.2 Å². The summed E-state index contributed by atoms with van der Waals surface area (Å²) in [7, 11) is 0. The molecule has 15 heavy (non-hydrogen) atoms. The van der Waals surface area contributed by atoms with Crippen molar-refractivity contribution in [2.45, 2.75) is 26.3 Å². The summed E-state index contributed by atoms with van der Waals surface area (Å²) in [5.41, 5.74) is 0. The summed E-state index contributed by atoms with van der Waals surface area (Å²) < 4.78 is 5.03. The fourth-order valence-electron chi connectivity index (χ4n) is 1.18. The van der Waals surface area contributed by atoms with E-state index in [0.717, 1.165) is 11.4 Å². The maximum Gasteiger partial charge on any atom is 0.246 e. The molecule has 0 bridgehead atoms. The van der Waals surface area contributed by atoms with Crippen molar-refractivity contribution in [1.82, 2.24) is 10.3 Å². The summed E-state index contributed by atoms with van der Waals surface area (Å²) in [5, 5.41) is 5.74. The monoisotopic (exact) mass is 228 g/mol. The Labute approximate surface area is 93.7 Å². The standard InChI is InChI=1S/C10H16N2O2S/c1-3-8(10-11-5-6-15-10)12-9(13)7-14-4-2/h5-6,8H,3-4,7H2,1-2H3,(H,12,13). The summed E-state index contributed by atoms with van der Waals surface area (Å²) in [6.07, 6.45) is 2.59. The zero-order chi connectivity index (χ0) is 11.1. The van der Waals surface area contributed by atoms with Crippen molar-refractivity contribution in [2.24, 2.45) is 0 Å². The second-order valence-electron chi connectivity index (χ2n) is 3.04. The van der Waals surface area contributed by atoms with Gasteiger partial charge in [-0.2, -0.15) is 0 Å². The van der Waals surface area contributed by atoms with Gasteiger partial charge in [0.15, 0.2) is 0 Å². The van der Waals surface area contributed by atoms with E-state index in [1.807, 2.05) is 19.2 Å². The van der Waals surface area contributed by atoms with Gasteiger partial charge in [-0.25, -0.2) is 4.98 Å². The first-order chi connectivity index (χ1) is 7.27. The molecular weight excluding hydrogens is 212 g/mol. The first-order valence-corrected chi connectivity index (χ1v) is 5.92. The number of hydrogen-bond donors (Lipinski definition) is 1. The maximum atomic E-state index is 11.4. The van der Waals surface area contributed by atoms with Crippen molar-refractivity contribution in [3.8, 4) is 0 Å². The Balaban J connectivity index is 2.44. The van der Waals surface area contributed by atoms with Crippen LogP contribution in [0.15, 0.2) is 11.6 Å². The lowest BCUT2D eigenvalue weighted by Gasteiger charge is -2.14. The fraction of sp³-hybridized carbons (Fsp3) is 0.600. The first kappa shape index (κ1) is 12.1. The zero-order valence-electron chi connectivity index (χ0n) is 9.03. The molecule has 4 nitrogen and oxygen atoms in total. The molecule has 0 aliphatic carbocycles. The second-order valence-corrected chi connectivity index (χ2v) is 3.96. The average molecular weight is 228 g/mol. The van der Waals surface area contributed by atoms with Crippen molar-refractivity contribution in [1.29, 1.82) is 0 Å². The van der Waals surface area contributed by atoms with Crippen molar-refractivity contribution >= 4 is 17.2 Å². The molecule has 0 fully saturated rings. The molecule has 1 aromatic rings. The quantitative estimate of drug-likeness (QED) is 0.807. The third kappa shape index (κ3) is 3.97. The highest BCUT2D eigenvalue weighted by molar-refractivity contribution is 7.09. The average Bonchev–Trinajstić information content (AvgIpc) is 2.76. The topological polar surface area (TPSA) is 51.2 Å². The molecule has 1 aromatic heterocycles. The molecule has 1 rings (SSSR count). The summed E-state index contributed by atoms with van der Waals surface area (Å²) in [5.74, 6) is -0.0844. The van der Waals surface area contributed by atoms with E-state index < -0.39 is 0 Å². The van der Waals surface area contributed by atoms with Gasteiger partial charge in [-0.15, -0.1) is 11.3 Å². The van der Waals surface area contributed by atoms with E-state index in [1.54, 1.807) is 17.5 Å². The first-order valence-electron chi connectivity index (χ1n) is 5.04. The van der Waals surface area contributed by atoms with Crippen LogP contribution in [0.1, 0.15) is 31.3 Å². The van der Waals surface area contributed by atoms with Crippen molar-refractivity contribution < 1.29 is 9.53 Å². The van der Waals surface area contributed by atoms with Crippen LogP contribution in [0.4, 0.5) is 0 Å². The lowest BCUT2D eigenvalue weighted by Crippen LogP contribution is -2.31. The third-order valence-electron chi connectivity index (χ3n) is 1.93. The Kier molecular flexibility index (Phi) is 5.28. The normalized spacial score (nSPS) is 12.4. The SMILES string of the molecule is CCOCC(=O)NC(CC)c1nccs1. The van der Waals surface area contributed by atoms with Crippen LogP contribution in [0.5, 0.6) is 0 Å². The van der Waals surface area contributed by atoms with Crippen LogP contribution in [-0.2, 0) is 9.53 Å². The Morgan fingerprint density at radius 1 is 1.67 bits per heavy atom. The molecule has 1 N–H and O–H groups in total. The minimum Gasteiger partial charge on any atom is -0.372 e. The minimum atomic E-state index is -0.0844. The van der Waals surface area contributed by atoms with E-state index in [2.05, 4.69) is 10.3 Å². The number of hydrogen-bond acceptors (Lipinski definition) is 4. The van der Waals surface area contributed by atoms with Gasteiger partial charge >= 0.3 is 0 Å². The molecule has 0 saturated heterocycles. The van der Waals surface area contributed by atoms with Gasteiger partial charge in [0.05, 0.1) is 6.04 Å². The second kappa shape index (κ2) is 6.53. The van der Waals surface area contributed by atoms with E-state index in [-0.39, 0.29) is 18.6 Å². The number of nitrogens with zero attached hydrogens (tertiary/aromatic N) is 1. The Bertz CT molecular complexity index is 288. The lowest BCUT2D eigenvalue weighted by atomic mass is 10.2. The van der Waals surface area contributed by atoms with Crippen LogP contribution in [0.2, 0.25) is 0 Å². The predicted octanol–water partition coefficient (Wildman–Crippen LogP) is 1.75. The molecule has 1 atom stereocenters. The molecular formula is C10H16N2O2S. The highest BCUT2D eigenvalue weighted by Gasteiger charge is 2.14. The van der Waals surface area contributed by atoms with E-state index in [4.69, 9.17) is 4.74 Å². The Morgan fingerprint density at radius 2 is 2.47 bits per heavy atom. The number of carbonyl (C=O) groups excluding carboxylic acids is 1. The van der Waals surface area contributed by atoms with Crippen LogP contribution >= 0.6 is 11.3 Å². The molecule has 0 saturated carbocycles. The molecule has 1 heterocycles. The van der Waals surface area contributed by atoms with Crippen LogP contribution in [0.25, 0.3) is 0 Å².